The molecule has 7 nitrogen and oxygen atoms in total. The fourth-order valence-electron chi connectivity index (χ4n) is 3.06. The van der Waals surface area contributed by atoms with Crippen LogP contribution in [0.15, 0.2) is 23.1 Å². The summed E-state index contributed by atoms with van der Waals surface area (Å²) in [6.07, 6.45) is 4.66. The summed E-state index contributed by atoms with van der Waals surface area (Å²) in [5, 5.41) is 8.04. The monoisotopic (exact) mass is 375 g/mol. The summed E-state index contributed by atoms with van der Waals surface area (Å²) >= 11 is 0. The molecule has 2 aromatic rings. The van der Waals surface area contributed by atoms with E-state index in [0.29, 0.717) is 28.2 Å². The van der Waals surface area contributed by atoms with E-state index in [0.717, 1.165) is 23.9 Å². The van der Waals surface area contributed by atoms with Gasteiger partial charge in [0.1, 0.15) is 6.54 Å². The van der Waals surface area contributed by atoms with Crippen LogP contribution < -0.4 is 20.3 Å². The average Bonchev–Trinajstić information content (AvgIpc) is 2.62. The van der Waals surface area contributed by atoms with Crippen LogP contribution in [0.1, 0.15) is 40.0 Å². The van der Waals surface area contributed by atoms with Crippen molar-refractivity contribution in [3.05, 3.63) is 28.7 Å². The van der Waals surface area contributed by atoms with Crippen molar-refractivity contribution in [3.63, 3.8) is 0 Å². The highest BCUT2D eigenvalue weighted by Gasteiger charge is 2.16. The van der Waals surface area contributed by atoms with Crippen molar-refractivity contribution in [2.75, 3.05) is 14.2 Å². The number of fused-ring (bicyclic) bond motifs is 1. The minimum absolute atomic E-state index is 0.0574. The van der Waals surface area contributed by atoms with Gasteiger partial charge in [0.05, 0.1) is 25.8 Å². The molecule has 0 saturated carbocycles. The first-order valence-corrected chi connectivity index (χ1v) is 9.27. The van der Waals surface area contributed by atoms with Crippen molar-refractivity contribution in [1.82, 2.24) is 15.1 Å². The molecule has 1 aromatic heterocycles. The lowest BCUT2D eigenvalue weighted by molar-refractivity contribution is -0.122. The first-order valence-electron chi connectivity index (χ1n) is 9.27. The van der Waals surface area contributed by atoms with Gasteiger partial charge >= 0.3 is 0 Å². The molecular weight excluding hydrogens is 346 g/mol. The van der Waals surface area contributed by atoms with Crippen molar-refractivity contribution in [2.24, 2.45) is 5.92 Å². The molecule has 0 aliphatic heterocycles. The standard InChI is InChI=1S/C20H29N3O4/c1-13(2)7-6-8-14(3)22-17(24)12-23-20(25)18-15(11-21-23)9-10-16(26-4)19(18)27-5/h9-11,13-14H,6-8,12H2,1-5H3,(H,22,24). The van der Waals surface area contributed by atoms with Crippen LogP contribution in [0, 0.1) is 5.92 Å². The summed E-state index contributed by atoms with van der Waals surface area (Å²) in [6, 6.07) is 3.52. The Hall–Kier alpha value is -2.57. The van der Waals surface area contributed by atoms with E-state index in [-0.39, 0.29) is 24.1 Å². The number of methoxy groups -OCH3 is 2. The maximum absolute atomic E-state index is 12.8. The van der Waals surface area contributed by atoms with Crippen LogP contribution in [0.5, 0.6) is 11.5 Å². The van der Waals surface area contributed by atoms with Crippen LogP contribution in [-0.4, -0.2) is 35.9 Å². The average molecular weight is 375 g/mol. The highest BCUT2D eigenvalue weighted by molar-refractivity contribution is 5.89. The second kappa shape index (κ2) is 9.39. The van der Waals surface area contributed by atoms with E-state index < -0.39 is 0 Å². The van der Waals surface area contributed by atoms with Crippen LogP contribution >= 0.6 is 0 Å². The lowest BCUT2D eigenvalue weighted by atomic mass is 10.0. The first-order chi connectivity index (χ1) is 12.9. The second-order valence-corrected chi connectivity index (χ2v) is 7.17. The molecule has 1 unspecified atom stereocenters. The predicted molar refractivity (Wildman–Crippen MR) is 105 cm³/mol. The van der Waals surface area contributed by atoms with E-state index in [1.807, 2.05) is 6.92 Å². The van der Waals surface area contributed by atoms with E-state index in [2.05, 4.69) is 24.3 Å². The quantitative estimate of drug-likeness (QED) is 0.729. The van der Waals surface area contributed by atoms with Crippen molar-refractivity contribution < 1.29 is 14.3 Å². The Morgan fingerprint density at radius 3 is 2.56 bits per heavy atom. The van der Waals surface area contributed by atoms with E-state index in [4.69, 9.17) is 9.47 Å². The summed E-state index contributed by atoms with van der Waals surface area (Å²) in [5.41, 5.74) is -0.383. The lowest BCUT2D eigenvalue weighted by Crippen LogP contribution is -2.38. The van der Waals surface area contributed by atoms with Crippen LogP contribution in [0.3, 0.4) is 0 Å². The number of nitrogens with one attached hydrogen (secondary N) is 1. The fraction of sp³-hybridized carbons (Fsp3) is 0.550. The van der Waals surface area contributed by atoms with Gasteiger partial charge < -0.3 is 14.8 Å². The van der Waals surface area contributed by atoms with Crippen molar-refractivity contribution in [1.29, 1.82) is 0 Å². The predicted octanol–water partition coefficient (Wildman–Crippen LogP) is 2.74. The van der Waals surface area contributed by atoms with Gasteiger partial charge in [-0.15, -0.1) is 0 Å². The molecule has 0 spiro atoms. The van der Waals surface area contributed by atoms with Gasteiger partial charge in [0.15, 0.2) is 11.5 Å². The molecule has 27 heavy (non-hydrogen) atoms. The van der Waals surface area contributed by atoms with Crippen molar-refractivity contribution >= 4 is 16.7 Å². The number of hydrogen-bond donors (Lipinski definition) is 1. The van der Waals surface area contributed by atoms with E-state index in [1.165, 1.54) is 14.2 Å². The molecule has 7 heteroatoms. The van der Waals surface area contributed by atoms with Crippen molar-refractivity contribution in [3.8, 4) is 11.5 Å². The molecule has 1 amide bonds. The normalized spacial score (nSPS) is 12.2. The number of carbonyl (C=O) groups is 1. The van der Waals surface area contributed by atoms with Gasteiger partial charge in [-0.25, -0.2) is 4.68 Å². The number of carbonyl (C=O) groups excluding carboxylic acids is 1. The largest absolute Gasteiger partial charge is 0.493 e. The molecule has 0 aliphatic carbocycles. The third-order valence-electron chi connectivity index (χ3n) is 4.48. The zero-order chi connectivity index (χ0) is 20.0. The lowest BCUT2D eigenvalue weighted by Gasteiger charge is -2.15. The third-order valence-corrected chi connectivity index (χ3v) is 4.48. The second-order valence-electron chi connectivity index (χ2n) is 7.17. The molecule has 1 aromatic carbocycles. The summed E-state index contributed by atoms with van der Waals surface area (Å²) in [5.74, 6) is 1.23. The van der Waals surface area contributed by atoms with Crippen LogP contribution in [0.2, 0.25) is 0 Å². The van der Waals surface area contributed by atoms with Gasteiger partial charge in [0.25, 0.3) is 5.56 Å². The summed E-state index contributed by atoms with van der Waals surface area (Å²) in [4.78, 5) is 25.1. The molecule has 0 saturated heterocycles. The van der Waals surface area contributed by atoms with E-state index >= 15 is 0 Å². The molecule has 0 radical (unpaired) electrons. The molecular formula is C20H29N3O4. The maximum Gasteiger partial charge on any atom is 0.279 e. The van der Waals surface area contributed by atoms with Gasteiger partial charge in [-0.05, 0) is 31.4 Å². The molecule has 2 rings (SSSR count). The minimum atomic E-state index is -0.383. The van der Waals surface area contributed by atoms with Crippen molar-refractivity contribution in [2.45, 2.75) is 52.6 Å². The van der Waals surface area contributed by atoms with Gasteiger partial charge in [0, 0.05) is 11.4 Å². The van der Waals surface area contributed by atoms with E-state index in [9.17, 15) is 9.59 Å². The zero-order valence-electron chi connectivity index (χ0n) is 16.7. The number of nitrogens with zero attached hydrogens (tertiary/aromatic N) is 2. The Morgan fingerprint density at radius 2 is 1.93 bits per heavy atom. The maximum atomic E-state index is 12.8. The molecule has 1 N–H and O–H groups in total. The Bertz CT molecular complexity index is 845. The number of benzene rings is 1. The van der Waals surface area contributed by atoms with Crippen LogP contribution in [-0.2, 0) is 11.3 Å². The van der Waals surface area contributed by atoms with Gasteiger partial charge in [-0.1, -0.05) is 26.7 Å². The number of hydrogen-bond acceptors (Lipinski definition) is 5. The topological polar surface area (TPSA) is 82.5 Å². The highest BCUT2D eigenvalue weighted by Crippen LogP contribution is 2.32. The minimum Gasteiger partial charge on any atom is -0.493 e. The Morgan fingerprint density at radius 1 is 1.19 bits per heavy atom. The first kappa shape index (κ1) is 20.7. The number of ether oxygens (including phenoxy) is 2. The van der Waals surface area contributed by atoms with Gasteiger partial charge in [0.2, 0.25) is 5.91 Å². The van der Waals surface area contributed by atoms with Crippen LogP contribution in [0.25, 0.3) is 10.8 Å². The molecule has 1 heterocycles. The highest BCUT2D eigenvalue weighted by atomic mass is 16.5. The van der Waals surface area contributed by atoms with Crippen LogP contribution in [0.4, 0.5) is 0 Å². The fourth-order valence-corrected chi connectivity index (χ4v) is 3.06. The number of rotatable bonds is 9. The molecule has 148 valence electrons. The summed E-state index contributed by atoms with van der Waals surface area (Å²) in [7, 11) is 2.99. The molecule has 1 atom stereocenters. The van der Waals surface area contributed by atoms with Gasteiger partial charge in [-0.2, -0.15) is 5.10 Å². The number of amides is 1. The smallest absolute Gasteiger partial charge is 0.279 e. The Kier molecular flexibility index (Phi) is 7.21. The third kappa shape index (κ3) is 5.21. The zero-order valence-corrected chi connectivity index (χ0v) is 16.7. The Labute approximate surface area is 159 Å². The summed E-state index contributed by atoms with van der Waals surface area (Å²) < 4.78 is 11.8. The van der Waals surface area contributed by atoms with Gasteiger partial charge in [-0.3, -0.25) is 9.59 Å². The number of aromatic nitrogens is 2. The van der Waals surface area contributed by atoms with E-state index in [1.54, 1.807) is 18.3 Å². The molecule has 0 fully saturated rings. The molecule has 0 bridgehead atoms. The Balaban J connectivity index is 2.16. The summed E-state index contributed by atoms with van der Waals surface area (Å²) in [6.45, 7) is 6.21. The SMILES string of the molecule is COc1ccc2cnn(CC(=O)NC(C)CCCC(C)C)c(=O)c2c1OC. The molecule has 0 aliphatic rings.